The molecule has 0 unspecified atom stereocenters. The Labute approximate surface area is 129 Å². The van der Waals surface area contributed by atoms with Crippen LogP contribution >= 0.6 is 11.6 Å². The van der Waals surface area contributed by atoms with E-state index in [1.54, 1.807) is 24.3 Å². The maximum Gasteiger partial charge on any atom is 0.336 e. The summed E-state index contributed by atoms with van der Waals surface area (Å²) in [5, 5.41) is 0.331. The first-order valence-electron chi connectivity index (χ1n) is 6.94. The van der Waals surface area contributed by atoms with Crippen LogP contribution in [0.2, 0.25) is 5.02 Å². The number of hydrogen-bond donors (Lipinski definition) is 0. The van der Waals surface area contributed by atoms with E-state index in [1.165, 1.54) is 0 Å². The van der Waals surface area contributed by atoms with Crippen LogP contribution in [0.1, 0.15) is 32.6 Å². The Morgan fingerprint density at radius 3 is 2.52 bits per heavy atom. The van der Waals surface area contributed by atoms with Crippen LogP contribution in [0.3, 0.4) is 0 Å². The molecule has 0 aromatic heterocycles. The molecule has 1 rings (SSSR count). The van der Waals surface area contributed by atoms with Crippen molar-refractivity contribution in [3.8, 4) is 5.75 Å². The minimum Gasteiger partial charge on any atom is -0.463 e. The molecule has 0 radical (unpaired) electrons. The number of benzene rings is 1. The van der Waals surface area contributed by atoms with Crippen molar-refractivity contribution in [1.29, 1.82) is 0 Å². The molecule has 0 aliphatic rings. The molecule has 0 spiro atoms. The van der Waals surface area contributed by atoms with Gasteiger partial charge in [0.25, 0.3) is 0 Å². The van der Waals surface area contributed by atoms with Crippen molar-refractivity contribution in [1.82, 2.24) is 0 Å². The summed E-state index contributed by atoms with van der Waals surface area (Å²) in [4.78, 5) is 22.9. The molecule has 4 nitrogen and oxygen atoms in total. The molecule has 0 aliphatic heterocycles. The average molecular weight is 311 g/mol. The predicted molar refractivity (Wildman–Crippen MR) is 81.3 cm³/mol. The molecule has 0 N–H and O–H groups in total. The van der Waals surface area contributed by atoms with Gasteiger partial charge in [0, 0.05) is 12.2 Å². The van der Waals surface area contributed by atoms with Gasteiger partial charge in [-0.15, -0.1) is 0 Å². The molecule has 114 valence electrons. The molecule has 0 saturated heterocycles. The summed E-state index contributed by atoms with van der Waals surface area (Å²) in [6, 6.07) is 6.60. The van der Waals surface area contributed by atoms with Gasteiger partial charge >= 0.3 is 11.9 Å². The van der Waals surface area contributed by atoms with Gasteiger partial charge in [0.15, 0.2) is 0 Å². The van der Waals surface area contributed by atoms with Crippen LogP contribution in [0.5, 0.6) is 5.75 Å². The lowest BCUT2D eigenvalue weighted by Crippen LogP contribution is -2.07. The number of rotatable bonds is 8. The highest BCUT2D eigenvalue weighted by atomic mass is 35.5. The van der Waals surface area contributed by atoms with E-state index in [1.807, 2.05) is 0 Å². The molecule has 0 bridgehead atoms. The highest BCUT2D eigenvalue weighted by Crippen LogP contribution is 2.23. The molecular weight excluding hydrogens is 292 g/mol. The normalized spacial score (nSPS) is 10.6. The van der Waals surface area contributed by atoms with Crippen LogP contribution in [0.4, 0.5) is 0 Å². The van der Waals surface area contributed by atoms with Gasteiger partial charge in [0.1, 0.15) is 5.75 Å². The number of unbranched alkanes of at least 4 members (excludes halogenated alkanes) is 3. The number of carbonyl (C=O) groups excluding carboxylic acids is 2. The van der Waals surface area contributed by atoms with E-state index in [9.17, 15) is 9.59 Å². The van der Waals surface area contributed by atoms with E-state index >= 15 is 0 Å². The van der Waals surface area contributed by atoms with E-state index < -0.39 is 11.9 Å². The second kappa shape index (κ2) is 10.00. The fourth-order valence-electron chi connectivity index (χ4n) is 1.56. The van der Waals surface area contributed by atoms with Crippen molar-refractivity contribution in [3.63, 3.8) is 0 Å². The Hall–Kier alpha value is -1.81. The monoisotopic (exact) mass is 310 g/mol. The first-order chi connectivity index (χ1) is 10.1. The van der Waals surface area contributed by atoms with Crippen LogP contribution in [-0.4, -0.2) is 18.5 Å². The zero-order valence-corrected chi connectivity index (χ0v) is 12.8. The third kappa shape index (κ3) is 7.51. The van der Waals surface area contributed by atoms with Gasteiger partial charge in [-0.3, -0.25) is 0 Å². The molecule has 0 saturated carbocycles. The smallest absolute Gasteiger partial charge is 0.336 e. The van der Waals surface area contributed by atoms with Crippen molar-refractivity contribution in [2.75, 3.05) is 6.61 Å². The van der Waals surface area contributed by atoms with Crippen molar-refractivity contribution in [3.05, 3.63) is 41.4 Å². The summed E-state index contributed by atoms with van der Waals surface area (Å²) >= 11 is 5.85. The van der Waals surface area contributed by atoms with Crippen molar-refractivity contribution in [2.45, 2.75) is 32.6 Å². The second-order valence-corrected chi connectivity index (χ2v) is 4.82. The van der Waals surface area contributed by atoms with Crippen molar-refractivity contribution >= 4 is 23.5 Å². The second-order valence-electron chi connectivity index (χ2n) is 4.41. The molecule has 0 heterocycles. The summed E-state index contributed by atoms with van der Waals surface area (Å²) in [6.07, 6.45) is 6.19. The number of halogens is 1. The van der Waals surface area contributed by atoms with Crippen LogP contribution in [0.25, 0.3) is 0 Å². The summed E-state index contributed by atoms with van der Waals surface area (Å²) in [7, 11) is 0. The van der Waals surface area contributed by atoms with E-state index in [2.05, 4.69) is 6.92 Å². The van der Waals surface area contributed by atoms with Crippen molar-refractivity contribution in [2.24, 2.45) is 0 Å². The number of para-hydroxylation sites is 1. The molecule has 0 atom stereocenters. The number of hydrogen-bond acceptors (Lipinski definition) is 4. The number of esters is 2. The highest BCUT2D eigenvalue weighted by Gasteiger charge is 2.05. The Balaban J connectivity index is 2.30. The maximum atomic E-state index is 11.5. The zero-order valence-electron chi connectivity index (χ0n) is 12.0. The Kier molecular flexibility index (Phi) is 8.21. The fourth-order valence-corrected chi connectivity index (χ4v) is 1.73. The van der Waals surface area contributed by atoms with E-state index in [4.69, 9.17) is 21.1 Å². The summed E-state index contributed by atoms with van der Waals surface area (Å²) in [6.45, 7) is 2.47. The first kappa shape index (κ1) is 17.2. The van der Waals surface area contributed by atoms with Gasteiger partial charge in [-0.2, -0.15) is 0 Å². The molecule has 5 heteroatoms. The average Bonchev–Trinajstić information content (AvgIpc) is 2.47. The van der Waals surface area contributed by atoms with Crippen LogP contribution in [-0.2, 0) is 14.3 Å². The Morgan fingerprint density at radius 1 is 1.10 bits per heavy atom. The predicted octanol–water partition coefficient (Wildman–Crippen LogP) is 3.93. The summed E-state index contributed by atoms with van der Waals surface area (Å²) in [5.74, 6) is -0.976. The van der Waals surface area contributed by atoms with Crippen LogP contribution in [0, 0.1) is 0 Å². The van der Waals surface area contributed by atoms with Crippen LogP contribution in [0.15, 0.2) is 36.4 Å². The largest absolute Gasteiger partial charge is 0.463 e. The van der Waals surface area contributed by atoms with E-state index in [-0.39, 0.29) is 5.75 Å². The lowest BCUT2D eigenvalue weighted by Gasteiger charge is -2.03. The quantitative estimate of drug-likeness (QED) is 0.316. The van der Waals surface area contributed by atoms with E-state index in [0.717, 1.165) is 37.8 Å². The topological polar surface area (TPSA) is 52.6 Å². The molecule has 21 heavy (non-hydrogen) atoms. The number of ether oxygens (including phenoxy) is 2. The van der Waals surface area contributed by atoms with Crippen molar-refractivity contribution < 1.29 is 19.1 Å². The maximum absolute atomic E-state index is 11.5. The number of carbonyl (C=O) groups is 2. The molecule has 0 aliphatic carbocycles. The third-order valence-corrected chi connectivity index (χ3v) is 2.96. The lowest BCUT2D eigenvalue weighted by atomic mass is 10.2. The summed E-state index contributed by atoms with van der Waals surface area (Å²) in [5.41, 5.74) is 0. The first-order valence-corrected chi connectivity index (χ1v) is 7.32. The minimum atomic E-state index is -0.675. The van der Waals surface area contributed by atoms with Crippen LogP contribution < -0.4 is 4.74 Å². The molecule has 1 aromatic carbocycles. The van der Waals surface area contributed by atoms with E-state index in [0.29, 0.717) is 11.6 Å². The van der Waals surface area contributed by atoms with Gasteiger partial charge < -0.3 is 9.47 Å². The summed E-state index contributed by atoms with van der Waals surface area (Å²) < 4.78 is 9.94. The standard InChI is InChI=1S/C16H19ClO4/c1-2-3-4-7-12-20-15(18)10-11-16(19)21-14-9-6-5-8-13(14)17/h5-6,8-11H,2-4,7,12H2,1H3/b11-10+. The zero-order chi connectivity index (χ0) is 15.5. The lowest BCUT2D eigenvalue weighted by molar-refractivity contribution is -0.138. The van der Waals surface area contributed by atoms with Gasteiger partial charge in [0.05, 0.1) is 11.6 Å². The molecular formula is C16H19ClO4. The van der Waals surface area contributed by atoms with Gasteiger partial charge in [0.2, 0.25) is 0 Å². The Morgan fingerprint density at radius 2 is 1.81 bits per heavy atom. The molecule has 1 aromatic rings. The fraction of sp³-hybridized carbons (Fsp3) is 0.375. The third-order valence-electron chi connectivity index (χ3n) is 2.64. The van der Waals surface area contributed by atoms with Gasteiger partial charge in [-0.1, -0.05) is 49.9 Å². The SMILES string of the molecule is CCCCCCOC(=O)/C=C/C(=O)Oc1ccccc1Cl. The minimum absolute atomic E-state index is 0.252. The highest BCUT2D eigenvalue weighted by molar-refractivity contribution is 6.32. The molecule has 0 fully saturated rings. The Bertz CT molecular complexity index is 497. The van der Waals surface area contributed by atoms with Gasteiger partial charge in [-0.05, 0) is 18.6 Å². The molecule has 0 amide bonds. The van der Waals surface area contributed by atoms with Gasteiger partial charge in [-0.25, -0.2) is 9.59 Å².